The lowest BCUT2D eigenvalue weighted by molar-refractivity contribution is -0.117. The van der Waals surface area contributed by atoms with Crippen molar-refractivity contribution in [1.29, 1.82) is 0 Å². The fraction of sp³-hybridized carbons (Fsp3) is 0.526. The fourth-order valence-corrected chi connectivity index (χ4v) is 4.33. The molecule has 1 atom stereocenters. The fourth-order valence-electron chi connectivity index (χ4n) is 2.71. The van der Waals surface area contributed by atoms with Crippen molar-refractivity contribution >= 4 is 38.7 Å². The summed E-state index contributed by atoms with van der Waals surface area (Å²) in [5.41, 5.74) is -0.238. The Morgan fingerprint density at radius 1 is 1.08 bits per heavy atom. The molecule has 0 aliphatic rings. The maximum Gasteiger partial charge on any atom is 0.199 e. The van der Waals surface area contributed by atoms with Crippen LogP contribution in [0.5, 0.6) is 0 Å². The topological polar surface area (TPSA) is 51.2 Å². The highest BCUT2D eigenvalue weighted by Gasteiger charge is 2.26. The number of allylic oxidation sites excluding steroid dienone is 1. The predicted molar refractivity (Wildman–Crippen MR) is 108 cm³/mol. The largest absolute Gasteiger partial charge is 0.303 e. The van der Waals surface area contributed by atoms with Gasteiger partial charge in [0, 0.05) is 10.8 Å². The molecule has 0 spiro atoms. The molecule has 5 heteroatoms. The molecule has 3 nitrogen and oxygen atoms in total. The van der Waals surface area contributed by atoms with E-state index in [0.717, 1.165) is 49.2 Å². The van der Waals surface area contributed by atoms with Crippen molar-refractivity contribution in [3.05, 3.63) is 41.8 Å². The number of halogens is 1. The number of alkyl halides is 1. The van der Waals surface area contributed by atoms with Gasteiger partial charge in [-0.25, -0.2) is 8.42 Å². The molecule has 0 saturated heterocycles. The number of sulfone groups is 1. The maximum atomic E-state index is 12.1. The van der Waals surface area contributed by atoms with Gasteiger partial charge in [0.05, 0.1) is 4.90 Å². The maximum absolute atomic E-state index is 12.1. The summed E-state index contributed by atoms with van der Waals surface area (Å²) in [7, 11) is -3.36. The smallest absolute Gasteiger partial charge is 0.199 e. The summed E-state index contributed by atoms with van der Waals surface area (Å²) in [6.45, 7) is 2.06. The Morgan fingerprint density at radius 3 is 2.33 bits per heavy atom. The van der Waals surface area contributed by atoms with Gasteiger partial charge in [0.2, 0.25) is 0 Å². The predicted octanol–water partition coefficient (Wildman–Crippen LogP) is 5.34. The van der Waals surface area contributed by atoms with Gasteiger partial charge in [-0.05, 0) is 55.1 Å². The highest BCUT2D eigenvalue weighted by molar-refractivity contribution is 14.1. The zero-order chi connectivity index (χ0) is 17.9. The molecular formula is C19H27IO3S. The number of benzene rings is 1. The number of aldehydes is 1. The molecule has 1 rings (SSSR count). The van der Waals surface area contributed by atoms with Gasteiger partial charge >= 0.3 is 0 Å². The SMILES string of the molecule is CCC(C=O)(CCC/C=C/S(=O)(=O)c1ccccc1)CCCCI. The molecule has 0 aromatic heterocycles. The van der Waals surface area contributed by atoms with Crippen molar-refractivity contribution in [2.45, 2.75) is 56.8 Å². The molecule has 134 valence electrons. The third kappa shape index (κ3) is 7.05. The summed E-state index contributed by atoms with van der Waals surface area (Å²) in [5.74, 6) is 0. The second kappa shape index (κ2) is 11.0. The molecular weight excluding hydrogens is 435 g/mol. The number of carbonyl (C=O) groups excluding carboxylic acids is 1. The first-order valence-corrected chi connectivity index (χ1v) is 11.6. The minimum atomic E-state index is -3.36. The van der Waals surface area contributed by atoms with E-state index in [4.69, 9.17) is 0 Å². The summed E-state index contributed by atoms with van der Waals surface area (Å²) in [6, 6.07) is 8.43. The number of unbranched alkanes of at least 4 members (excludes halogenated alkanes) is 2. The van der Waals surface area contributed by atoms with E-state index in [0.29, 0.717) is 11.3 Å². The standard InChI is InChI=1S/C19H27IO3S/c1-2-19(17-21,14-8-9-15-20)13-7-4-10-16-24(22,23)18-11-5-3-6-12-18/h3,5-6,10-12,16-17H,2,4,7-9,13-15H2,1H3/b16-10+. The normalized spacial score (nSPS) is 14.6. The minimum absolute atomic E-state index is 0.238. The minimum Gasteiger partial charge on any atom is -0.303 e. The number of carbonyl (C=O) groups is 1. The molecule has 0 N–H and O–H groups in total. The van der Waals surface area contributed by atoms with Crippen LogP contribution >= 0.6 is 22.6 Å². The molecule has 1 unspecified atom stereocenters. The Labute approximate surface area is 160 Å². The molecule has 0 heterocycles. The van der Waals surface area contributed by atoms with Crippen LogP contribution in [0.1, 0.15) is 51.9 Å². The number of rotatable bonds is 12. The third-order valence-corrected chi connectivity index (χ3v) is 6.65. The number of hydrogen-bond acceptors (Lipinski definition) is 3. The van der Waals surface area contributed by atoms with Crippen molar-refractivity contribution in [1.82, 2.24) is 0 Å². The van der Waals surface area contributed by atoms with Gasteiger partial charge in [-0.15, -0.1) is 0 Å². The van der Waals surface area contributed by atoms with E-state index in [2.05, 4.69) is 29.5 Å². The van der Waals surface area contributed by atoms with E-state index in [1.54, 1.807) is 36.4 Å². The van der Waals surface area contributed by atoms with Crippen molar-refractivity contribution in [3.63, 3.8) is 0 Å². The summed E-state index contributed by atoms with van der Waals surface area (Å²) in [5, 5.41) is 1.28. The lowest BCUT2D eigenvalue weighted by Crippen LogP contribution is -2.21. The van der Waals surface area contributed by atoms with Crippen LogP contribution in [0.25, 0.3) is 0 Å². The van der Waals surface area contributed by atoms with Gasteiger partial charge in [0.15, 0.2) is 9.84 Å². The highest BCUT2D eigenvalue weighted by atomic mass is 127. The highest BCUT2D eigenvalue weighted by Crippen LogP contribution is 2.32. The first kappa shape index (κ1) is 21.4. The van der Waals surface area contributed by atoms with Crippen molar-refractivity contribution in [3.8, 4) is 0 Å². The van der Waals surface area contributed by atoms with E-state index < -0.39 is 9.84 Å². The Balaban J connectivity index is 2.52. The van der Waals surface area contributed by atoms with E-state index >= 15 is 0 Å². The van der Waals surface area contributed by atoms with Crippen LogP contribution in [0.2, 0.25) is 0 Å². The van der Waals surface area contributed by atoms with Crippen molar-refractivity contribution in [2.24, 2.45) is 5.41 Å². The third-order valence-electron chi connectivity index (χ3n) is 4.40. The van der Waals surface area contributed by atoms with Crippen LogP contribution in [-0.4, -0.2) is 19.1 Å². The summed E-state index contributed by atoms with van der Waals surface area (Å²) in [4.78, 5) is 11.9. The second-order valence-corrected chi connectivity index (χ2v) is 9.01. The molecule has 0 fully saturated rings. The molecule has 0 aliphatic carbocycles. The van der Waals surface area contributed by atoms with Gasteiger partial charge in [-0.1, -0.05) is 60.2 Å². The average Bonchev–Trinajstić information content (AvgIpc) is 2.61. The molecule has 0 bridgehead atoms. The molecule has 0 amide bonds. The Hall–Kier alpha value is -0.690. The Kier molecular flexibility index (Phi) is 9.81. The summed E-state index contributed by atoms with van der Waals surface area (Å²) >= 11 is 2.36. The van der Waals surface area contributed by atoms with Crippen LogP contribution in [-0.2, 0) is 14.6 Å². The van der Waals surface area contributed by atoms with E-state index in [9.17, 15) is 13.2 Å². The quantitative estimate of drug-likeness (QED) is 0.182. The van der Waals surface area contributed by atoms with Crippen LogP contribution in [0.15, 0.2) is 46.7 Å². The molecule has 1 aromatic rings. The lowest BCUT2D eigenvalue weighted by Gasteiger charge is -2.26. The second-order valence-electron chi connectivity index (χ2n) is 6.10. The van der Waals surface area contributed by atoms with E-state index in [-0.39, 0.29) is 5.41 Å². The first-order chi connectivity index (χ1) is 11.5. The molecule has 1 aromatic carbocycles. The van der Waals surface area contributed by atoms with Gasteiger partial charge in [0.25, 0.3) is 0 Å². The van der Waals surface area contributed by atoms with Gasteiger partial charge in [0.1, 0.15) is 6.29 Å². The van der Waals surface area contributed by atoms with Crippen LogP contribution in [0, 0.1) is 5.41 Å². The monoisotopic (exact) mass is 462 g/mol. The molecule has 0 aliphatic heterocycles. The van der Waals surface area contributed by atoms with Crippen LogP contribution < -0.4 is 0 Å². The van der Waals surface area contributed by atoms with Gasteiger partial charge in [-0.2, -0.15) is 0 Å². The summed E-state index contributed by atoms with van der Waals surface area (Å²) in [6.07, 6.45) is 9.16. The Morgan fingerprint density at radius 2 is 1.75 bits per heavy atom. The molecule has 0 saturated carbocycles. The first-order valence-electron chi connectivity index (χ1n) is 8.48. The van der Waals surface area contributed by atoms with Gasteiger partial charge in [-0.3, -0.25) is 0 Å². The molecule has 24 heavy (non-hydrogen) atoms. The van der Waals surface area contributed by atoms with E-state index in [1.807, 2.05) is 0 Å². The molecule has 0 radical (unpaired) electrons. The lowest BCUT2D eigenvalue weighted by atomic mass is 9.77. The van der Waals surface area contributed by atoms with Gasteiger partial charge < -0.3 is 4.79 Å². The zero-order valence-corrected chi connectivity index (χ0v) is 17.3. The number of hydrogen-bond donors (Lipinski definition) is 0. The Bertz CT molecular complexity index is 611. The van der Waals surface area contributed by atoms with Crippen molar-refractivity contribution in [2.75, 3.05) is 4.43 Å². The van der Waals surface area contributed by atoms with Crippen LogP contribution in [0.3, 0.4) is 0 Å². The summed E-state index contributed by atoms with van der Waals surface area (Å²) < 4.78 is 25.4. The van der Waals surface area contributed by atoms with Crippen LogP contribution in [0.4, 0.5) is 0 Å². The zero-order valence-electron chi connectivity index (χ0n) is 14.3. The van der Waals surface area contributed by atoms with E-state index in [1.165, 1.54) is 5.41 Å². The van der Waals surface area contributed by atoms with Crippen molar-refractivity contribution < 1.29 is 13.2 Å². The average molecular weight is 462 g/mol.